The number of carbonyl (C=O) groups excluding carboxylic acids is 1. The maximum atomic E-state index is 11.9. The Kier molecular flexibility index (Phi) is 7.55. The first-order chi connectivity index (χ1) is 10.7. The second-order valence-electron chi connectivity index (χ2n) is 6.59. The summed E-state index contributed by atoms with van der Waals surface area (Å²) in [5.41, 5.74) is 1.11. The molecule has 1 aromatic carbocycles. The molecule has 1 aromatic rings. The van der Waals surface area contributed by atoms with Gasteiger partial charge in [0.2, 0.25) is 0 Å². The summed E-state index contributed by atoms with van der Waals surface area (Å²) in [5.74, 6) is 0.469. The van der Waals surface area contributed by atoms with Crippen molar-refractivity contribution in [2.45, 2.75) is 38.5 Å². The number of hydrogen-bond donors (Lipinski definition) is 2. The number of anilines is 1. The van der Waals surface area contributed by atoms with Crippen molar-refractivity contribution in [3.05, 3.63) is 30.3 Å². The molecule has 0 heterocycles. The molecule has 2 atom stereocenters. The summed E-state index contributed by atoms with van der Waals surface area (Å²) in [7, 11) is 1.06. The quantitative estimate of drug-likeness (QED) is 0.802. The summed E-state index contributed by atoms with van der Waals surface area (Å²) in [6.45, 7) is 8.82. The lowest BCUT2D eigenvalue weighted by Gasteiger charge is -2.27. The summed E-state index contributed by atoms with van der Waals surface area (Å²) in [6, 6.07) is 10.0. The van der Waals surface area contributed by atoms with E-state index in [0.29, 0.717) is 18.8 Å². The molecule has 0 spiro atoms. The molecule has 0 radical (unpaired) electrons. The van der Waals surface area contributed by atoms with Crippen LogP contribution in [0.15, 0.2) is 30.3 Å². The third-order valence-corrected chi connectivity index (χ3v) is 5.58. The molecule has 130 valence electrons. The Labute approximate surface area is 142 Å². The van der Waals surface area contributed by atoms with Crippen LogP contribution in [0.1, 0.15) is 27.7 Å². The van der Waals surface area contributed by atoms with Gasteiger partial charge in [-0.15, -0.1) is 0 Å². The third-order valence-electron chi connectivity index (χ3n) is 3.64. The van der Waals surface area contributed by atoms with Gasteiger partial charge in [0.05, 0.1) is 0 Å². The number of nitrogens with zero attached hydrogens (tertiary/aromatic N) is 1. The van der Waals surface area contributed by atoms with Gasteiger partial charge in [-0.2, -0.15) is 0 Å². The minimum absolute atomic E-state index is 0.173. The first-order valence-electron chi connectivity index (χ1n) is 7.90. The van der Waals surface area contributed by atoms with Crippen LogP contribution in [-0.4, -0.2) is 46.9 Å². The van der Waals surface area contributed by atoms with Gasteiger partial charge in [0.1, 0.15) is 0 Å². The van der Waals surface area contributed by atoms with Crippen molar-refractivity contribution in [3.8, 4) is 0 Å². The molecule has 0 aliphatic heterocycles. The minimum Gasteiger partial charge on any atom is -0.370 e. The average molecular weight is 340 g/mol. The lowest BCUT2D eigenvalue weighted by molar-refractivity contribution is 0.241. The van der Waals surface area contributed by atoms with Gasteiger partial charge < -0.3 is 15.5 Å². The van der Waals surface area contributed by atoms with Crippen LogP contribution in [-0.2, 0) is 10.8 Å². The molecule has 0 aliphatic rings. The van der Waals surface area contributed by atoms with E-state index in [4.69, 9.17) is 0 Å². The van der Waals surface area contributed by atoms with Gasteiger partial charge in [0.15, 0.2) is 0 Å². The van der Waals surface area contributed by atoms with Gasteiger partial charge in [-0.05, 0) is 39.8 Å². The molecule has 2 amide bonds. The smallest absolute Gasteiger partial charge is 0.314 e. The number of hydrogen-bond acceptors (Lipinski definition) is 3. The topological polar surface area (TPSA) is 61.4 Å². The zero-order chi connectivity index (χ0) is 17.5. The molecule has 0 bridgehead atoms. The molecule has 0 saturated carbocycles. The maximum absolute atomic E-state index is 11.9. The predicted octanol–water partition coefficient (Wildman–Crippen LogP) is 2.36. The Balaban J connectivity index is 2.29. The van der Waals surface area contributed by atoms with Crippen LogP contribution in [0, 0.1) is 0 Å². The summed E-state index contributed by atoms with van der Waals surface area (Å²) in [5, 5.41) is 5.61. The standard InChI is InChI=1S/C17H29N3O2S/c1-14(20(5)15-9-7-6-8-10-15)13-19-16(21)18-11-12-23(22)17(2,3)4/h6-10,14H,11-13H2,1-5H3,(H2,18,19,21)/t14-,23+/m1/s1. The highest BCUT2D eigenvalue weighted by atomic mass is 32.2. The number of benzene rings is 1. The van der Waals surface area contributed by atoms with Crippen LogP contribution in [0.4, 0.5) is 10.5 Å². The molecular weight excluding hydrogens is 310 g/mol. The molecule has 2 N–H and O–H groups in total. The first-order valence-corrected chi connectivity index (χ1v) is 9.21. The normalized spacial score (nSPS) is 14.0. The van der Waals surface area contributed by atoms with E-state index in [9.17, 15) is 9.00 Å². The van der Waals surface area contributed by atoms with Crippen molar-refractivity contribution in [1.82, 2.24) is 10.6 Å². The summed E-state index contributed by atoms with van der Waals surface area (Å²) in [4.78, 5) is 13.9. The number of nitrogens with one attached hydrogen (secondary N) is 2. The van der Waals surface area contributed by atoms with Gasteiger partial charge in [-0.3, -0.25) is 4.21 Å². The highest BCUT2D eigenvalue weighted by molar-refractivity contribution is 7.86. The number of amides is 2. The van der Waals surface area contributed by atoms with Crippen molar-refractivity contribution in [1.29, 1.82) is 0 Å². The van der Waals surface area contributed by atoms with Crippen molar-refractivity contribution in [2.24, 2.45) is 0 Å². The molecule has 0 aliphatic carbocycles. The number of para-hydroxylation sites is 1. The van der Waals surface area contributed by atoms with E-state index in [-0.39, 0.29) is 16.8 Å². The molecule has 6 heteroatoms. The van der Waals surface area contributed by atoms with Crippen LogP contribution < -0.4 is 15.5 Å². The minimum atomic E-state index is -0.949. The monoisotopic (exact) mass is 339 g/mol. The van der Waals surface area contributed by atoms with Gasteiger partial charge >= 0.3 is 6.03 Å². The molecule has 0 saturated heterocycles. The second-order valence-corrected chi connectivity index (χ2v) is 8.92. The van der Waals surface area contributed by atoms with Gasteiger partial charge in [0, 0.05) is 53.2 Å². The van der Waals surface area contributed by atoms with E-state index in [1.54, 1.807) is 0 Å². The fourth-order valence-corrected chi connectivity index (χ4v) is 2.82. The molecule has 0 fully saturated rings. The van der Waals surface area contributed by atoms with E-state index in [1.165, 1.54) is 0 Å². The summed E-state index contributed by atoms with van der Waals surface area (Å²) >= 11 is 0. The Morgan fingerprint density at radius 1 is 1.22 bits per heavy atom. The van der Waals surface area contributed by atoms with Gasteiger partial charge in [0.25, 0.3) is 0 Å². The number of urea groups is 1. The Bertz CT molecular complexity index is 514. The molecule has 5 nitrogen and oxygen atoms in total. The average Bonchev–Trinajstić information content (AvgIpc) is 2.51. The maximum Gasteiger partial charge on any atom is 0.314 e. The molecule has 0 unspecified atom stereocenters. The van der Waals surface area contributed by atoms with Crippen LogP contribution in [0.3, 0.4) is 0 Å². The van der Waals surface area contributed by atoms with E-state index < -0.39 is 10.8 Å². The van der Waals surface area contributed by atoms with Crippen LogP contribution in [0.5, 0.6) is 0 Å². The number of carbonyl (C=O) groups is 1. The number of rotatable bonds is 7. The van der Waals surface area contributed by atoms with Crippen molar-refractivity contribution >= 4 is 22.5 Å². The fourth-order valence-electron chi connectivity index (χ4n) is 1.92. The molecule has 23 heavy (non-hydrogen) atoms. The first kappa shape index (κ1) is 19.5. The largest absolute Gasteiger partial charge is 0.370 e. The Morgan fingerprint density at radius 3 is 2.39 bits per heavy atom. The van der Waals surface area contributed by atoms with Gasteiger partial charge in [-0.1, -0.05) is 18.2 Å². The van der Waals surface area contributed by atoms with Crippen LogP contribution in [0.2, 0.25) is 0 Å². The predicted molar refractivity (Wildman–Crippen MR) is 98.5 cm³/mol. The van der Waals surface area contributed by atoms with Crippen molar-refractivity contribution in [2.75, 3.05) is 30.8 Å². The van der Waals surface area contributed by atoms with Gasteiger partial charge in [-0.25, -0.2) is 4.79 Å². The van der Waals surface area contributed by atoms with Crippen molar-refractivity contribution in [3.63, 3.8) is 0 Å². The molecule has 1 rings (SSSR count). The fraction of sp³-hybridized carbons (Fsp3) is 0.588. The highest BCUT2D eigenvalue weighted by Crippen LogP contribution is 2.13. The Morgan fingerprint density at radius 2 is 1.83 bits per heavy atom. The lowest BCUT2D eigenvalue weighted by Crippen LogP contribution is -2.45. The number of likely N-dealkylation sites (N-methyl/N-ethyl adjacent to an activating group) is 1. The highest BCUT2D eigenvalue weighted by Gasteiger charge is 2.19. The van der Waals surface area contributed by atoms with E-state index in [2.05, 4.69) is 22.5 Å². The van der Waals surface area contributed by atoms with Crippen LogP contribution >= 0.6 is 0 Å². The molecular formula is C17H29N3O2S. The second kappa shape index (κ2) is 8.91. The van der Waals surface area contributed by atoms with E-state index >= 15 is 0 Å². The van der Waals surface area contributed by atoms with Crippen LogP contribution in [0.25, 0.3) is 0 Å². The SMILES string of the molecule is C[C@H](CNC(=O)NCC[S@](=O)C(C)(C)C)N(C)c1ccccc1. The third kappa shape index (κ3) is 7.03. The zero-order valence-electron chi connectivity index (χ0n) is 14.8. The molecule has 0 aromatic heterocycles. The zero-order valence-corrected chi connectivity index (χ0v) is 15.6. The van der Waals surface area contributed by atoms with E-state index in [0.717, 1.165) is 5.69 Å². The summed E-state index contributed by atoms with van der Waals surface area (Å²) < 4.78 is 11.6. The lowest BCUT2D eigenvalue weighted by atomic mass is 10.2. The Hall–Kier alpha value is -1.56. The van der Waals surface area contributed by atoms with E-state index in [1.807, 2.05) is 58.2 Å². The summed E-state index contributed by atoms with van der Waals surface area (Å²) in [6.07, 6.45) is 0. The van der Waals surface area contributed by atoms with Crippen molar-refractivity contribution < 1.29 is 9.00 Å².